The minimum absolute atomic E-state index is 0.216. The van der Waals surface area contributed by atoms with Crippen LogP contribution in [0.1, 0.15) is 25.8 Å². The van der Waals surface area contributed by atoms with E-state index in [0.717, 1.165) is 24.3 Å². The van der Waals surface area contributed by atoms with E-state index in [2.05, 4.69) is 19.2 Å². The molecule has 0 saturated carbocycles. The Kier molecular flexibility index (Phi) is 5.26. The number of benzene rings is 1. The second-order valence-electron chi connectivity index (χ2n) is 4.22. The largest absolute Gasteiger partial charge is 0.493 e. The molecule has 0 aromatic heterocycles. The van der Waals surface area contributed by atoms with E-state index in [0.29, 0.717) is 12.6 Å². The van der Waals surface area contributed by atoms with Gasteiger partial charge >= 0.3 is 0 Å². The van der Waals surface area contributed by atoms with Crippen LogP contribution in [0.3, 0.4) is 0 Å². The molecular weight excluding hydrogens is 205 g/mol. The Morgan fingerprint density at radius 1 is 1.38 bits per heavy atom. The second-order valence-corrected chi connectivity index (χ2v) is 4.22. The summed E-state index contributed by atoms with van der Waals surface area (Å²) in [6, 6.07) is 5.10. The van der Waals surface area contributed by atoms with Gasteiger partial charge in [-0.3, -0.25) is 0 Å². The molecule has 0 radical (unpaired) electrons. The van der Waals surface area contributed by atoms with Crippen LogP contribution in [0.15, 0.2) is 18.2 Å². The zero-order valence-electron chi connectivity index (χ0n) is 10.2. The molecule has 0 atom stereocenters. The van der Waals surface area contributed by atoms with E-state index in [1.165, 1.54) is 12.1 Å². The standard InChI is InChI=1S/C13H20FNO/c1-10(2)15-7-4-8-16-13-6-5-12(14)9-11(13)3/h5-6,9-10,15H,4,7-8H2,1-3H3. The number of hydrogen-bond acceptors (Lipinski definition) is 2. The van der Waals surface area contributed by atoms with Gasteiger partial charge in [0.05, 0.1) is 6.61 Å². The Hall–Kier alpha value is -1.09. The molecular formula is C13H20FNO. The lowest BCUT2D eigenvalue weighted by Gasteiger charge is -2.10. The zero-order valence-corrected chi connectivity index (χ0v) is 10.2. The van der Waals surface area contributed by atoms with Crippen molar-refractivity contribution in [2.75, 3.05) is 13.2 Å². The molecule has 1 rings (SSSR count). The van der Waals surface area contributed by atoms with Crippen molar-refractivity contribution in [3.8, 4) is 5.75 Å². The first-order valence-electron chi connectivity index (χ1n) is 5.72. The van der Waals surface area contributed by atoms with Gasteiger partial charge in [-0.15, -0.1) is 0 Å². The SMILES string of the molecule is Cc1cc(F)ccc1OCCCNC(C)C. The molecule has 0 spiro atoms. The molecule has 0 saturated heterocycles. The predicted octanol–water partition coefficient (Wildman–Crippen LogP) is 2.90. The summed E-state index contributed by atoms with van der Waals surface area (Å²) in [5, 5.41) is 3.32. The average Bonchev–Trinajstić information content (AvgIpc) is 2.20. The molecule has 1 N–H and O–H groups in total. The van der Waals surface area contributed by atoms with Crippen molar-refractivity contribution in [3.05, 3.63) is 29.6 Å². The first-order valence-corrected chi connectivity index (χ1v) is 5.72. The normalized spacial score (nSPS) is 10.8. The van der Waals surface area contributed by atoms with Crippen molar-refractivity contribution in [2.45, 2.75) is 33.2 Å². The lowest BCUT2D eigenvalue weighted by Crippen LogP contribution is -2.24. The van der Waals surface area contributed by atoms with Gasteiger partial charge in [0, 0.05) is 6.04 Å². The summed E-state index contributed by atoms with van der Waals surface area (Å²) in [7, 11) is 0. The van der Waals surface area contributed by atoms with Crippen molar-refractivity contribution in [1.82, 2.24) is 5.32 Å². The minimum Gasteiger partial charge on any atom is -0.493 e. The van der Waals surface area contributed by atoms with Gasteiger partial charge in [0.2, 0.25) is 0 Å². The van der Waals surface area contributed by atoms with Crippen molar-refractivity contribution in [1.29, 1.82) is 0 Å². The molecule has 0 aliphatic carbocycles. The fourth-order valence-electron chi connectivity index (χ4n) is 1.42. The van der Waals surface area contributed by atoms with E-state index in [1.54, 1.807) is 6.07 Å². The van der Waals surface area contributed by atoms with Crippen LogP contribution in [-0.4, -0.2) is 19.2 Å². The highest BCUT2D eigenvalue weighted by Crippen LogP contribution is 2.18. The Morgan fingerprint density at radius 3 is 2.75 bits per heavy atom. The molecule has 0 bridgehead atoms. The fraction of sp³-hybridized carbons (Fsp3) is 0.538. The smallest absolute Gasteiger partial charge is 0.123 e. The van der Waals surface area contributed by atoms with E-state index < -0.39 is 0 Å². The van der Waals surface area contributed by atoms with Crippen molar-refractivity contribution >= 4 is 0 Å². The van der Waals surface area contributed by atoms with Gasteiger partial charge < -0.3 is 10.1 Å². The minimum atomic E-state index is -0.216. The van der Waals surface area contributed by atoms with E-state index in [1.807, 2.05) is 6.92 Å². The van der Waals surface area contributed by atoms with Crippen LogP contribution in [-0.2, 0) is 0 Å². The van der Waals surface area contributed by atoms with Crippen LogP contribution in [0.4, 0.5) is 4.39 Å². The summed E-state index contributed by atoms with van der Waals surface area (Å²) in [5.41, 5.74) is 0.844. The third-order valence-electron chi connectivity index (χ3n) is 2.27. The number of hydrogen-bond donors (Lipinski definition) is 1. The lowest BCUT2D eigenvalue weighted by molar-refractivity contribution is 0.304. The highest BCUT2D eigenvalue weighted by molar-refractivity contribution is 5.32. The molecule has 0 fully saturated rings. The average molecular weight is 225 g/mol. The Labute approximate surface area is 96.8 Å². The van der Waals surface area contributed by atoms with E-state index in [9.17, 15) is 4.39 Å². The molecule has 3 heteroatoms. The Bertz CT molecular complexity index is 326. The molecule has 0 heterocycles. The Morgan fingerprint density at radius 2 is 2.12 bits per heavy atom. The van der Waals surface area contributed by atoms with E-state index >= 15 is 0 Å². The second kappa shape index (κ2) is 6.48. The van der Waals surface area contributed by atoms with Crippen molar-refractivity contribution in [2.24, 2.45) is 0 Å². The molecule has 0 aliphatic rings. The molecule has 1 aromatic carbocycles. The van der Waals surface area contributed by atoms with Gasteiger partial charge in [0.15, 0.2) is 0 Å². The highest BCUT2D eigenvalue weighted by atomic mass is 19.1. The zero-order chi connectivity index (χ0) is 12.0. The summed E-state index contributed by atoms with van der Waals surface area (Å²) in [5.74, 6) is 0.553. The first-order chi connectivity index (χ1) is 7.59. The maximum Gasteiger partial charge on any atom is 0.123 e. The Balaban J connectivity index is 2.27. The van der Waals surface area contributed by atoms with E-state index in [4.69, 9.17) is 4.74 Å². The topological polar surface area (TPSA) is 21.3 Å². The predicted molar refractivity (Wildman–Crippen MR) is 64.4 cm³/mol. The number of rotatable bonds is 6. The van der Waals surface area contributed by atoms with Gasteiger partial charge in [-0.1, -0.05) is 13.8 Å². The molecule has 90 valence electrons. The van der Waals surface area contributed by atoms with Crippen LogP contribution in [0.25, 0.3) is 0 Å². The van der Waals surface area contributed by atoms with Gasteiger partial charge in [0.25, 0.3) is 0 Å². The quantitative estimate of drug-likeness (QED) is 0.752. The van der Waals surface area contributed by atoms with Gasteiger partial charge in [-0.2, -0.15) is 0 Å². The van der Waals surface area contributed by atoms with Crippen LogP contribution in [0, 0.1) is 12.7 Å². The third-order valence-corrected chi connectivity index (χ3v) is 2.27. The fourth-order valence-corrected chi connectivity index (χ4v) is 1.42. The third kappa shape index (κ3) is 4.62. The maximum atomic E-state index is 12.8. The summed E-state index contributed by atoms with van der Waals surface area (Å²) in [6.07, 6.45) is 0.953. The van der Waals surface area contributed by atoms with Gasteiger partial charge in [-0.25, -0.2) is 4.39 Å². The van der Waals surface area contributed by atoms with Crippen LogP contribution in [0.5, 0.6) is 5.75 Å². The number of ether oxygens (including phenoxy) is 1. The maximum absolute atomic E-state index is 12.8. The van der Waals surface area contributed by atoms with Gasteiger partial charge in [0.1, 0.15) is 11.6 Å². The molecule has 0 amide bonds. The number of nitrogens with one attached hydrogen (secondary N) is 1. The molecule has 16 heavy (non-hydrogen) atoms. The summed E-state index contributed by atoms with van der Waals surface area (Å²) in [4.78, 5) is 0. The van der Waals surface area contributed by atoms with E-state index in [-0.39, 0.29) is 5.82 Å². The highest BCUT2D eigenvalue weighted by Gasteiger charge is 2.00. The van der Waals surface area contributed by atoms with Crippen LogP contribution < -0.4 is 10.1 Å². The monoisotopic (exact) mass is 225 g/mol. The van der Waals surface area contributed by atoms with Crippen LogP contribution in [0.2, 0.25) is 0 Å². The summed E-state index contributed by atoms with van der Waals surface area (Å²) in [6.45, 7) is 7.69. The van der Waals surface area contributed by atoms with Crippen molar-refractivity contribution < 1.29 is 9.13 Å². The van der Waals surface area contributed by atoms with Gasteiger partial charge in [-0.05, 0) is 43.7 Å². The number of aryl methyl sites for hydroxylation is 1. The summed E-state index contributed by atoms with van der Waals surface area (Å²) < 4.78 is 18.4. The molecule has 0 unspecified atom stereocenters. The number of halogens is 1. The molecule has 0 aliphatic heterocycles. The lowest BCUT2D eigenvalue weighted by atomic mass is 10.2. The first kappa shape index (κ1) is 13.0. The summed E-state index contributed by atoms with van der Waals surface area (Å²) >= 11 is 0. The van der Waals surface area contributed by atoms with Crippen molar-refractivity contribution in [3.63, 3.8) is 0 Å². The van der Waals surface area contributed by atoms with Crippen LogP contribution >= 0.6 is 0 Å². The molecule has 2 nitrogen and oxygen atoms in total. The molecule has 1 aromatic rings.